The first-order chi connectivity index (χ1) is 15.8. The van der Waals surface area contributed by atoms with Crippen molar-refractivity contribution in [2.24, 2.45) is 0 Å². The molecule has 33 heavy (non-hydrogen) atoms. The Morgan fingerprint density at radius 3 is 2.36 bits per heavy atom. The molecule has 0 aliphatic carbocycles. The maximum atomic E-state index is 13.8. The number of benzene rings is 2. The summed E-state index contributed by atoms with van der Waals surface area (Å²) in [6.07, 6.45) is 0.573. The van der Waals surface area contributed by atoms with Gasteiger partial charge in [-0.05, 0) is 61.6 Å². The van der Waals surface area contributed by atoms with Gasteiger partial charge in [-0.15, -0.1) is 0 Å². The molecule has 2 aromatic carbocycles. The molecule has 0 radical (unpaired) electrons. The first-order valence-electron chi connectivity index (χ1n) is 10.9. The van der Waals surface area contributed by atoms with E-state index in [1.165, 1.54) is 18.2 Å². The van der Waals surface area contributed by atoms with Crippen molar-refractivity contribution in [3.63, 3.8) is 0 Å². The lowest BCUT2D eigenvalue weighted by Crippen LogP contribution is -2.54. The zero-order valence-corrected chi connectivity index (χ0v) is 17.7. The van der Waals surface area contributed by atoms with Crippen molar-refractivity contribution < 1.29 is 27.8 Å². The molecular formula is C24H22F3N3O3. The fourth-order valence-corrected chi connectivity index (χ4v) is 5.38. The first-order valence-corrected chi connectivity index (χ1v) is 10.9. The van der Waals surface area contributed by atoms with E-state index in [-0.39, 0.29) is 42.4 Å². The Morgan fingerprint density at radius 2 is 1.70 bits per heavy atom. The van der Waals surface area contributed by atoms with Gasteiger partial charge in [-0.25, -0.2) is 18.1 Å². The molecule has 2 aromatic rings. The van der Waals surface area contributed by atoms with Crippen LogP contribution in [0.4, 0.5) is 13.2 Å². The molecule has 3 aliphatic heterocycles. The number of carbonyl (C=O) groups excluding carboxylic acids is 1. The average molecular weight is 457 g/mol. The van der Waals surface area contributed by atoms with Crippen LogP contribution in [0.2, 0.25) is 0 Å². The van der Waals surface area contributed by atoms with Gasteiger partial charge in [0.25, 0.3) is 5.91 Å². The maximum absolute atomic E-state index is 13.8. The number of rotatable bonds is 2. The molecule has 3 heterocycles. The molecule has 3 atom stereocenters. The second-order valence-electron chi connectivity index (χ2n) is 8.89. The van der Waals surface area contributed by atoms with Crippen LogP contribution in [-0.4, -0.2) is 52.0 Å². The molecule has 3 aliphatic rings. The molecule has 3 saturated heterocycles. The van der Waals surface area contributed by atoms with Crippen LogP contribution >= 0.6 is 0 Å². The number of hydrogen-bond donors (Lipinski definition) is 1. The average Bonchev–Trinajstić information content (AvgIpc) is 3.31. The fourth-order valence-electron chi connectivity index (χ4n) is 5.38. The van der Waals surface area contributed by atoms with E-state index >= 15 is 0 Å². The summed E-state index contributed by atoms with van der Waals surface area (Å²) in [6.45, 7) is 0.572. The van der Waals surface area contributed by atoms with Gasteiger partial charge >= 0.3 is 0 Å². The molecule has 6 nitrogen and oxygen atoms in total. The number of likely N-dealkylation sites (tertiary alicyclic amines) is 1. The molecule has 1 unspecified atom stereocenters. The summed E-state index contributed by atoms with van der Waals surface area (Å²) in [6, 6.07) is 8.38. The van der Waals surface area contributed by atoms with Crippen molar-refractivity contribution in [3.05, 3.63) is 70.5 Å². The first kappa shape index (κ1) is 21.9. The van der Waals surface area contributed by atoms with E-state index in [0.717, 1.165) is 18.2 Å². The van der Waals surface area contributed by atoms with Gasteiger partial charge < -0.3 is 14.7 Å². The summed E-state index contributed by atoms with van der Waals surface area (Å²) in [5.74, 6) is -2.37. The highest BCUT2D eigenvalue weighted by Crippen LogP contribution is 2.50. The van der Waals surface area contributed by atoms with Crippen LogP contribution in [-0.2, 0) is 4.74 Å². The smallest absolute Gasteiger partial charge is 0.254 e. The Labute approximate surface area is 188 Å². The number of fused-ring (bicyclic) bond motifs is 1. The van der Waals surface area contributed by atoms with E-state index in [1.807, 2.05) is 6.07 Å². The van der Waals surface area contributed by atoms with Crippen molar-refractivity contribution in [2.45, 2.75) is 49.8 Å². The molecule has 1 amide bonds. The van der Waals surface area contributed by atoms with Crippen LogP contribution in [0.3, 0.4) is 0 Å². The van der Waals surface area contributed by atoms with Crippen molar-refractivity contribution in [1.29, 1.82) is 5.26 Å². The van der Waals surface area contributed by atoms with E-state index in [1.54, 1.807) is 9.80 Å². The molecule has 1 spiro atoms. The molecule has 3 fully saturated rings. The second kappa shape index (κ2) is 8.13. The molecule has 0 saturated carbocycles. The summed E-state index contributed by atoms with van der Waals surface area (Å²) >= 11 is 0. The normalized spacial score (nSPS) is 26.4. The third kappa shape index (κ3) is 3.78. The van der Waals surface area contributed by atoms with Gasteiger partial charge in [0, 0.05) is 30.8 Å². The summed E-state index contributed by atoms with van der Waals surface area (Å²) in [7, 11) is 0. The lowest BCUT2D eigenvalue weighted by Gasteiger charge is -2.41. The highest BCUT2D eigenvalue weighted by atomic mass is 19.1. The lowest BCUT2D eigenvalue weighted by atomic mass is 9.88. The molecule has 0 bridgehead atoms. The quantitative estimate of drug-likeness (QED) is 0.748. The van der Waals surface area contributed by atoms with Gasteiger partial charge in [-0.1, -0.05) is 0 Å². The van der Waals surface area contributed by atoms with Gasteiger partial charge in [0.2, 0.25) is 0 Å². The predicted molar refractivity (Wildman–Crippen MR) is 110 cm³/mol. The van der Waals surface area contributed by atoms with Crippen LogP contribution < -0.4 is 0 Å². The van der Waals surface area contributed by atoms with Crippen molar-refractivity contribution in [3.8, 4) is 6.07 Å². The van der Waals surface area contributed by atoms with Crippen LogP contribution in [0.15, 0.2) is 36.4 Å². The molecule has 5 rings (SSSR count). The molecule has 0 aromatic heterocycles. The number of ether oxygens (including phenoxy) is 1. The Bertz CT molecular complexity index is 1120. The van der Waals surface area contributed by atoms with Gasteiger partial charge in [-0.2, -0.15) is 5.26 Å². The number of carbonyl (C=O) groups is 1. The Kier molecular flexibility index (Phi) is 5.40. The van der Waals surface area contributed by atoms with Gasteiger partial charge in [0.15, 0.2) is 0 Å². The van der Waals surface area contributed by atoms with Crippen LogP contribution in [0.1, 0.15) is 53.2 Å². The van der Waals surface area contributed by atoms with Crippen LogP contribution in [0, 0.1) is 28.8 Å². The third-order valence-corrected chi connectivity index (χ3v) is 6.94. The summed E-state index contributed by atoms with van der Waals surface area (Å²) < 4.78 is 47.6. The summed E-state index contributed by atoms with van der Waals surface area (Å²) in [5.41, 5.74) is -0.265. The monoisotopic (exact) mass is 457 g/mol. The minimum Gasteiger partial charge on any atom is -0.375 e. The molecule has 1 N–H and O–H groups in total. The number of nitrogens with zero attached hydrogens (tertiary/aromatic N) is 3. The van der Waals surface area contributed by atoms with E-state index < -0.39 is 29.3 Å². The topological polar surface area (TPSA) is 76.8 Å². The summed E-state index contributed by atoms with van der Waals surface area (Å²) in [5, 5.41) is 20.2. The van der Waals surface area contributed by atoms with Crippen molar-refractivity contribution in [1.82, 2.24) is 9.80 Å². The minimum atomic E-state index is -0.988. The van der Waals surface area contributed by atoms with Gasteiger partial charge in [0.05, 0.1) is 11.6 Å². The largest absolute Gasteiger partial charge is 0.375 e. The highest BCUT2D eigenvalue weighted by molar-refractivity contribution is 5.94. The number of aliphatic hydroxyl groups is 1. The second-order valence-corrected chi connectivity index (χ2v) is 8.89. The fraction of sp³-hybridized carbons (Fsp3) is 0.417. The lowest BCUT2D eigenvalue weighted by molar-refractivity contribution is -0.115. The standard InChI is InChI=1S/C24H22F3N3O3/c25-17-8-14(13-28)7-16(11-17)22(31)29-5-3-24(4-6-29)23(32)30-20(1-2-21(30)33-24)15-9-18(26)12-19(27)10-15/h7-12,20-21,23,32H,1-6H2/t20-,21+,23?/m0/s1. The molecular weight excluding hydrogens is 435 g/mol. The molecule has 172 valence electrons. The number of nitriles is 1. The van der Waals surface area contributed by atoms with E-state index in [2.05, 4.69) is 0 Å². The van der Waals surface area contributed by atoms with Crippen molar-refractivity contribution in [2.75, 3.05) is 13.1 Å². The minimum absolute atomic E-state index is 0.0711. The van der Waals surface area contributed by atoms with Crippen LogP contribution in [0.25, 0.3) is 0 Å². The third-order valence-electron chi connectivity index (χ3n) is 6.94. The number of hydrogen-bond acceptors (Lipinski definition) is 5. The van der Waals surface area contributed by atoms with E-state index in [4.69, 9.17) is 10.00 Å². The zero-order valence-electron chi connectivity index (χ0n) is 17.7. The Morgan fingerprint density at radius 1 is 1.03 bits per heavy atom. The Balaban J connectivity index is 1.31. The number of halogens is 3. The number of aliphatic hydroxyl groups excluding tert-OH is 1. The zero-order chi connectivity index (χ0) is 23.3. The number of piperidine rings is 1. The molecule has 9 heteroatoms. The van der Waals surface area contributed by atoms with Crippen LogP contribution in [0.5, 0.6) is 0 Å². The van der Waals surface area contributed by atoms with E-state index in [9.17, 15) is 23.1 Å². The van der Waals surface area contributed by atoms with Gasteiger partial charge in [0.1, 0.15) is 35.5 Å². The maximum Gasteiger partial charge on any atom is 0.254 e. The number of amides is 1. The summed E-state index contributed by atoms with van der Waals surface area (Å²) in [4.78, 5) is 16.2. The highest BCUT2D eigenvalue weighted by Gasteiger charge is 2.58. The predicted octanol–water partition coefficient (Wildman–Crippen LogP) is 3.46. The SMILES string of the molecule is N#Cc1cc(F)cc(C(=O)N2CCC3(CC2)O[C@@H]2CC[C@@H](c4cc(F)cc(F)c4)N2C3O)c1. The van der Waals surface area contributed by atoms with E-state index in [0.29, 0.717) is 31.2 Å². The van der Waals surface area contributed by atoms with Gasteiger partial charge in [-0.3, -0.25) is 4.79 Å². The Hall–Kier alpha value is -2.93. The van der Waals surface area contributed by atoms with Crippen molar-refractivity contribution >= 4 is 5.91 Å².